The second-order valence-electron chi connectivity index (χ2n) is 6.06. The maximum Gasteiger partial charge on any atom is 0.243 e. The minimum atomic E-state index is -1.70. The van der Waals surface area contributed by atoms with Crippen LogP contribution in [-0.2, 0) is 14.4 Å². The van der Waals surface area contributed by atoms with E-state index in [2.05, 4.69) is 10.6 Å². The van der Waals surface area contributed by atoms with E-state index in [-0.39, 0.29) is 25.0 Å². The standard InChI is InChI=1S/C16H19F3N4O3/c1-23(8-14(26)21-9-2-3-9)7-13(25)20-6-12(24)22-11-5-4-10(17)15(18)16(11)19/h4-5,9H,2-3,6-8H2,1H3,(H,20,25)(H,21,26)(H,22,24). The Morgan fingerprint density at radius 2 is 1.69 bits per heavy atom. The van der Waals surface area contributed by atoms with Crippen molar-refractivity contribution in [2.45, 2.75) is 18.9 Å². The summed E-state index contributed by atoms with van der Waals surface area (Å²) in [7, 11) is 1.57. The molecule has 0 saturated heterocycles. The van der Waals surface area contributed by atoms with Gasteiger partial charge >= 0.3 is 0 Å². The lowest BCUT2D eigenvalue weighted by Gasteiger charge is -2.16. The van der Waals surface area contributed by atoms with Crippen LogP contribution in [0.3, 0.4) is 0 Å². The van der Waals surface area contributed by atoms with Crippen LogP contribution in [0.2, 0.25) is 0 Å². The van der Waals surface area contributed by atoms with Gasteiger partial charge in [-0.05, 0) is 32.0 Å². The smallest absolute Gasteiger partial charge is 0.243 e. The fourth-order valence-electron chi connectivity index (χ4n) is 2.10. The topological polar surface area (TPSA) is 90.5 Å². The summed E-state index contributed by atoms with van der Waals surface area (Å²) in [5, 5.41) is 7.11. The average Bonchev–Trinajstić information content (AvgIpc) is 3.37. The first kappa shape index (κ1) is 19.7. The van der Waals surface area contributed by atoms with Crippen molar-refractivity contribution in [1.82, 2.24) is 15.5 Å². The molecular weight excluding hydrogens is 353 g/mol. The quantitative estimate of drug-likeness (QED) is 0.575. The van der Waals surface area contributed by atoms with Gasteiger partial charge in [0, 0.05) is 6.04 Å². The zero-order valence-corrected chi connectivity index (χ0v) is 14.1. The predicted octanol–water partition coefficient (Wildman–Crippen LogP) is 0.369. The van der Waals surface area contributed by atoms with Crippen LogP contribution in [0.25, 0.3) is 0 Å². The second kappa shape index (κ2) is 8.65. The van der Waals surface area contributed by atoms with Crippen molar-refractivity contribution in [3.8, 4) is 0 Å². The Bertz CT molecular complexity index is 710. The highest BCUT2D eigenvalue weighted by atomic mass is 19.2. The van der Waals surface area contributed by atoms with E-state index in [0.717, 1.165) is 18.9 Å². The summed E-state index contributed by atoms with van der Waals surface area (Å²) in [5.41, 5.74) is -0.531. The number of hydrogen-bond donors (Lipinski definition) is 3. The number of nitrogens with one attached hydrogen (secondary N) is 3. The van der Waals surface area contributed by atoms with E-state index in [1.165, 1.54) is 4.90 Å². The molecule has 1 aliphatic carbocycles. The molecule has 1 fully saturated rings. The molecule has 7 nitrogen and oxygen atoms in total. The second-order valence-corrected chi connectivity index (χ2v) is 6.06. The minimum Gasteiger partial charge on any atom is -0.352 e. The Labute approximate surface area is 147 Å². The van der Waals surface area contributed by atoms with Crippen LogP contribution < -0.4 is 16.0 Å². The molecule has 1 aliphatic rings. The Balaban J connectivity index is 1.71. The van der Waals surface area contributed by atoms with E-state index < -0.39 is 41.5 Å². The third-order valence-electron chi connectivity index (χ3n) is 3.52. The van der Waals surface area contributed by atoms with E-state index in [1.807, 2.05) is 5.32 Å². The van der Waals surface area contributed by atoms with Gasteiger partial charge in [-0.1, -0.05) is 0 Å². The van der Waals surface area contributed by atoms with Crippen molar-refractivity contribution in [2.75, 3.05) is 32.0 Å². The molecule has 0 spiro atoms. The molecule has 0 bridgehead atoms. The summed E-state index contributed by atoms with van der Waals surface area (Å²) >= 11 is 0. The van der Waals surface area contributed by atoms with Crippen molar-refractivity contribution >= 4 is 23.4 Å². The molecule has 0 aromatic heterocycles. The van der Waals surface area contributed by atoms with Crippen LogP contribution >= 0.6 is 0 Å². The van der Waals surface area contributed by atoms with Crippen LogP contribution in [0, 0.1) is 17.5 Å². The van der Waals surface area contributed by atoms with Crippen LogP contribution in [0.5, 0.6) is 0 Å². The molecule has 3 amide bonds. The number of hydrogen-bond acceptors (Lipinski definition) is 4. The first-order valence-electron chi connectivity index (χ1n) is 7.94. The van der Waals surface area contributed by atoms with Gasteiger partial charge in [0.2, 0.25) is 17.7 Å². The summed E-state index contributed by atoms with van der Waals surface area (Å²) < 4.78 is 39.3. The van der Waals surface area contributed by atoms with Gasteiger partial charge < -0.3 is 16.0 Å². The van der Waals surface area contributed by atoms with Crippen LogP contribution in [0.15, 0.2) is 12.1 Å². The first-order chi connectivity index (χ1) is 12.3. The van der Waals surface area contributed by atoms with Gasteiger partial charge in [-0.15, -0.1) is 0 Å². The lowest BCUT2D eigenvalue weighted by atomic mass is 10.2. The molecule has 1 aromatic rings. The highest BCUT2D eigenvalue weighted by Gasteiger charge is 2.23. The lowest BCUT2D eigenvalue weighted by Crippen LogP contribution is -2.43. The van der Waals surface area contributed by atoms with E-state index in [0.29, 0.717) is 6.07 Å². The van der Waals surface area contributed by atoms with Crippen molar-refractivity contribution in [3.05, 3.63) is 29.6 Å². The molecule has 26 heavy (non-hydrogen) atoms. The van der Waals surface area contributed by atoms with Gasteiger partial charge in [-0.2, -0.15) is 0 Å². The molecule has 10 heteroatoms. The number of halogens is 3. The Morgan fingerprint density at radius 3 is 2.35 bits per heavy atom. The third kappa shape index (κ3) is 6.03. The van der Waals surface area contributed by atoms with Gasteiger partial charge in [0.25, 0.3) is 0 Å². The van der Waals surface area contributed by atoms with Crippen LogP contribution in [-0.4, -0.2) is 55.3 Å². The number of carbonyl (C=O) groups excluding carboxylic acids is 3. The Morgan fingerprint density at radius 1 is 1.04 bits per heavy atom. The molecule has 0 atom stereocenters. The zero-order chi connectivity index (χ0) is 19.3. The molecule has 1 aromatic carbocycles. The monoisotopic (exact) mass is 372 g/mol. The normalized spacial score (nSPS) is 13.4. The molecule has 1 saturated carbocycles. The number of benzene rings is 1. The van der Waals surface area contributed by atoms with E-state index in [4.69, 9.17) is 0 Å². The molecule has 0 unspecified atom stereocenters. The maximum absolute atomic E-state index is 13.4. The fraction of sp³-hybridized carbons (Fsp3) is 0.438. The molecule has 2 rings (SSSR count). The summed E-state index contributed by atoms with van der Waals surface area (Å²) in [6.07, 6.45) is 1.92. The average molecular weight is 372 g/mol. The lowest BCUT2D eigenvalue weighted by molar-refractivity contribution is -0.126. The van der Waals surface area contributed by atoms with Crippen molar-refractivity contribution in [1.29, 1.82) is 0 Å². The molecule has 0 radical (unpaired) electrons. The summed E-state index contributed by atoms with van der Waals surface area (Å²) in [6.45, 7) is -0.569. The Hall–Kier alpha value is -2.62. The van der Waals surface area contributed by atoms with E-state index in [1.54, 1.807) is 7.05 Å². The van der Waals surface area contributed by atoms with Gasteiger partial charge in [0.15, 0.2) is 17.5 Å². The molecule has 0 aliphatic heterocycles. The maximum atomic E-state index is 13.4. The van der Waals surface area contributed by atoms with E-state index >= 15 is 0 Å². The van der Waals surface area contributed by atoms with Crippen molar-refractivity contribution < 1.29 is 27.6 Å². The number of anilines is 1. The molecule has 0 heterocycles. The molecular formula is C16H19F3N4O3. The van der Waals surface area contributed by atoms with Gasteiger partial charge in [-0.25, -0.2) is 13.2 Å². The first-order valence-corrected chi connectivity index (χ1v) is 7.94. The highest BCUT2D eigenvalue weighted by molar-refractivity contribution is 5.94. The number of likely N-dealkylation sites (N-methyl/N-ethyl adjacent to an activating group) is 1. The number of nitrogens with zero attached hydrogens (tertiary/aromatic N) is 1. The van der Waals surface area contributed by atoms with Crippen molar-refractivity contribution in [2.24, 2.45) is 0 Å². The zero-order valence-electron chi connectivity index (χ0n) is 14.1. The number of amides is 3. The number of carbonyl (C=O) groups is 3. The SMILES string of the molecule is CN(CC(=O)NCC(=O)Nc1ccc(F)c(F)c1F)CC(=O)NC1CC1. The fourth-order valence-corrected chi connectivity index (χ4v) is 2.10. The largest absolute Gasteiger partial charge is 0.352 e. The van der Waals surface area contributed by atoms with Crippen LogP contribution in [0.1, 0.15) is 12.8 Å². The Kier molecular flexibility index (Phi) is 6.56. The minimum absolute atomic E-state index is 0.0379. The molecule has 3 N–H and O–H groups in total. The van der Waals surface area contributed by atoms with Gasteiger partial charge in [0.1, 0.15) is 0 Å². The highest BCUT2D eigenvalue weighted by Crippen LogP contribution is 2.19. The predicted molar refractivity (Wildman–Crippen MR) is 86.6 cm³/mol. The van der Waals surface area contributed by atoms with Gasteiger partial charge in [0.05, 0.1) is 25.3 Å². The van der Waals surface area contributed by atoms with Crippen molar-refractivity contribution in [3.63, 3.8) is 0 Å². The van der Waals surface area contributed by atoms with Gasteiger partial charge in [-0.3, -0.25) is 19.3 Å². The number of rotatable bonds is 8. The summed E-state index contributed by atoms with van der Waals surface area (Å²) in [4.78, 5) is 36.5. The third-order valence-corrected chi connectivity index (χ3v) is 3.52. The molecule has 142 valence electrons. The van der Waals surface area contributed by atoms with Crippen LogP contribution in [0.4, 0.5) is 18.9 Å². The summed E-state index contributed by atoms with van der Waals surface area (Å²) in [5.74, 6) is -6.11. The summed E-state index contributed by atoms with van der Waals surface area (Å²) in [6, 6.07) is 1.78. The van der Waals surface area contributed by atoms with E-state index in [9.17, 15) is 27.6 Å².